The predicted molar refractivity (Wildman–Crippen MR) is 117 cm³/mol. The molecule has 2 fully saturated rings. The SMILES string of the molecule is N#Cc1ccccc1OCCCN1CC2CN(Cc3cn4ccccc4n3)CC(C1)O2. The fourth-order valence-electron chi connectivity index (χ4n) is 4.62. The van der Waals surface area contributed by atoms with Crippen molar-refractivity contribution in [3.05, 3.63) is 66.1 Å². The highest BCUT2D eigenvalue weighted by Gasteiger charge is 2.34. The molecule has 2 aliphatic rings. The van der Waals surface area contributed by atoms with Gasteiger partial charge in [0.2, 0.25) is 0 Å². The number of rotatable bonds is 7. The molecular weight excluding hydrogens is 390 g/mol. The number of nitriles is 1. The summed E-state index contributed by atoms with van der Waals surface area (Å²) in [7, 11) is 0. The maximum absolute atomic E-state index is 9.16. The van der Waals surface area contributed by atoms with Crippen molar-refractivity contribution in [2.24, 2.45) is 0 Å². The van der Waals surface area contributed by atoms with Gasteiger partial charge in [-0.2, -0.15) is 5.26 Å². The molecule has 0 spiro atoms. The molecule has 2 aromatic heterocycles. The van der Waals surface area contributed by atoms with Crippen molar-refractivity contribution < 1.29 is 9.47 Å². The van der Waals surface area contributed by atoms with Crippen LogP contribution < -0.4 is 4.74 Å². The zero-order valence-electron chi connectivity index (χ0n) is 17.6. The van der Waals surface area contributed by atoms with E-state index in [0.717, 1.165) is 57.0 Å². The monoisotopic (exact) mass is 417 g/mol. The second kappa shape index (κ2) is 9.06. The van der Waals surface area contributed by atoms with Crippen LogP contribution in [0, 0.1) is 11.3 Å². The molecule has 3 aromatic rings. The van der Waals surface area contributed by atoms with Crippen molar-refractivity contribution in [1.82, 2.24) is 19.2 Å². The summed E-state index contributed by atoms with van der Waals surface area (Å²) in [6.07, 6.45) is 5.58. The van der Waals surface area contributed by atoms with Gasteiger partial charge in [-0.15, -0.1) is 0 Å². The summed E-state index contributed by atoms with van der Waals surface area (Å²) in [6.45, 7) is 6.24. The molecule has 2 saturated heterocycles. The zero-order valence-corrected chi connectivity index (χ0v) is 17.6. The largest absolute Gasteiger partial charge is 0.492 e. The molecule has 0 saturated carbocycles. The second-order valence-electron chi connectivity index (χ2n) is 8.34. The van der Waals surface area contributed by atoms with Crippen LogP contribution in [0.3, 0.4) is 0 Å². The standard InChI is InChI=1S/C24H27N5O2/c25-12-19-6-1-2-7-23(19)30-11-5-9-27-15-21-17-28(18-22(16-27)31-21)13-20-14-29-10-4-3-8-24(29)26-20/h1-4,6-8,10,14,21-22H,5,9,11,13,15-18H2. The van der Waals surface area contributed by atoms with E-state index in [1.807, 2.05) is 42.6 Å². The van der Waals surface area contributed by atoms with Crippen LogP contribution in [0.5, 0.6) is 5.75 Å². The number of pyridine rings is 1. The molecule has 7 heteroatoms. The summed E-state index contributed by atoms with van der Waals surface area (Å²) in [4.78, 5) is 9.70. The summed E-state index contributed by atoms with van der Waals surface area (Å²) in [6, 6.07) is 15.7. The van der Waals surface area contributed by atoms with E-state index in [-0.39, 0.29) is 12.2 Å². The van der Waals surface area contributed by atoms with Crippen molar-refractivity contribution in [2.75, 3.05) is 39.3 Å². The Morgan fingerprint density at radius 2 is 1.81 bits per heavy atom. The van der Waals surface area contributed by atoms with Gasteiger partial charge in [0.1, 0.15) is 17.5 Å². The van der Waals surface area contributed by atoms with Crippen molar-refractivity contribution in [1.29, 1.82) is 5.26 Å². The molecule has 7 nitrogen and oxygen atoms in total. The Bertz CT molecular complexity index is 1030. The lowest BCUT2D eigenvalue weighted by Gasteiger charge is -2.45. The highest BCUT2D eigenvalue weighted by Crippen LogP contribution is 2.21. The Balaban J connectivity index is 1.09. The molecule has 0 aliphatic carbocycles. The van der Waals surface area contributed by atoms with E-state index >= 15 is 0 Å². The smallest absolute Gasteiger partial charge is 0.137 e. The molecule has 0 amide bonds. The number of hydrogen-bond acceptors (Lipinski definition) is 6. The molecular formula is C24H27N5O2. The summed E-state index contributed by atoms with van der Waals surface area (Å²) >= 11 is 0. The molecule has 2 aliphatic heterocycles. The number of morpholine rings is 2. The molecule has 1 aromatic carbocycles. The van der Waals surface area contributed by atoms with E-state index in [9.17, 15) is 0 Å². The molecule has 5 rings (SSSR count). The number of aromatic nitrogens is 2. The molecule has 0 radical (unpaired) electrons. The third-order valence-corrected chi connectivity index (χ3v) is 5.92. The Kier molecular flexibility index (Phi) is 5.85. The van der Waals surface area contributed by atoms with Gasteiger partial charge < -0.3 is 13.9 Å². The predicted octanol–water partition coefficient (Wildman–Crippen LogP) is 2.56. The van der Waals surface area contributed by atoms with Gasteiger partial charge in [0.15, 0.2) is 0 Å². The topological polar surface area (TPSA) is 66.0 Å². The van der Waals surface area contributed by atoms with Crippen molar-refractivity contribution in [3.8, 4) is 11.8 Å². The highest BCUT2D eigenvalue weighted by atomic mass is 16.5. The quantitative estimate of drug-likeness (QED) is 0.551. The number of hydrogen-bond donors (Lipinski definition) is 0. The number of benzene rings is 1. The van der Waals surface area contributed by atoms with Crippen molar-refractivity contribution in [3.63, 3.8) is 0 Å². The van der Waals surface area contributed by atoms with Gasteiger partial charge in [-0.3, -0.25) is 9.80 Å². The summed E-state index contributed by atoms with van der Waals surface area (Å²) < 4.78 is 14.1. The Morgan fingerprint density at radius 1 is 1.03 bits per heavy atom. The van der Waals surface area contributed by atoms with Crippen LogP contribution in [0.25, 0.3) is 5.65 Å². The number of para-hydroxylation sites is 1. The Labute approximate surface area is 182 Å². The third-order valence-electron chi connectivity index (χ3n) is 5.92. The lowest BCUT2D eigenvalue weighted by Crippen LogP contribution is -2.59. The first kappa shape index (κ1) is 20.0. The zero-order chi connectivity index (χ0) is 21.0. The number of nitrogens with zero attached hydrogens (tertiary/aromatic N) is 5. The third kappa shape index (κ3) is 4.72. The van der Waals surface area contributed by atoms with E-state index in [1.165, 1.54) is 0 Å². The number of ether oxygens (including phenoxy) is 2. The van der Waals surface area contributed by atoms with Crippen LogP contribution in [0.1, 0.15) is 17.7 Å². The van der Waals surface area contributed by atoms with E-state index in [2.05, 4.69) is 26.5 Å². The van der Waals surface area contributed by atoms with Gasteiger partial charge in [0.05, 0.1) is 30.1 Å². The van der Waals surface area contributed by atoms with E-state index < -0.39 is 0 Å². The minimum atomic E-state index is 0.241. The Morgan fingerprint density at radius 3 is 2.61 bits per heavy atom. The van der Waals surface area contributed by atoms with Gasteiger partial charge in [0, 0.05) is 51.7 Å². The van der Waals surface area contributed by atoms with E-state index in [1.54, 1.807) is 6.07 Å². The second-order valence-corrected chi connectivity index (χ2v) is 8.34. The van der Waals surface area contributed by atoms with E-state index in [0.29, 0.717) is 17.9 Å². The first-order chi connectivity index (χ1) is 15.3. The van der Waals surface area contributed by atoms with Gasteiger partial charge in [-0.25, -0.2) is 4.98 Å². The lowest BCUT2D eigenvalue weighted by molar-refractivity contribution is -0.140. The molecule has 2 unspecified atom stereocenters. The van der Waals surface area contributed by atoms with Gasteiger partial charge >= 0.3 is 0 Å². The average molecular weight is 418 g/mol. The lowest BCUT2D eigenvalue weighted by atomic mass is 10.1. The molecule has 31 heavy (non-hydrogen) atoms. The number of fused-ring (bicyclic) bond motifs is 3. The van der Waals surface area contributed by atoms with Gasteiger partial charge in [-0.05, 0) is 30.7 Å². The fraction of sp³-hybridized carbons (Fsp3) is 0.417. The van der Waals surface area contributed by atoms with Crippen molar-refractivity contribution >= 4 is 5.65 Å². The highest BCUT2D eigenvalue weighted by molar-refractivity contribution is 5.42. The first-order valence-corrected chi connectivity index (χ1v) is 10.9. The minimum Gasteiger partial charge on any atom is -0.492 e. The molecule has 0 N–H and O–H groups in total. The van der Waals surface area contributed by atoms with Gasteiger partial charge in [0.25, 0.3) is 0 Å². The van der Waals surface area contributed by atoms with Crippen LogP contribution in [0.4, 0.5) is 0 Å². The van der Waals surface area contributed by atoms with Crippen LogP contribution in [0.15, 0.2) is 54.9 Å². The van der Waals surface area contributed by atoms with Gasteiger partial charge in [-0.1, -0.05) is 18.2 Å². The summed E-state index contributed by atoms with van der Waals surface area (Å²) in [5.74, 6) is 0.673. The van der Waals surface area contributed by atoms with Crippen LogP contribution in [-0.4, -0.2) is 70.7 Å². The summed E-state index contributed by atoms with van der Waals surface area (Å²) in [5, 5.41) is 9.16. The maximum Gasteiger partial charge on any atom is 0.137 e. The minimum absolute atomic E-state index is 0.241. The van der Waals surface area contributed by atoms with Crippen LogP contribution in [-0.2, 0) is 11.3 Å². The fourth-order valence-corrected chi connectivity index (χ4v) is 4.62. The van der Waals surface area contributed by atoms with E-state index in [4.69, 9.17) is 19.7 Å². The number of imidazole rings is 1. The molecule has 4 heterocycles. The molecule has 160 valence electrons. The first-order valence-electron chi connectivity index (χ1n) is 10.9. The molecule has 2 bridgehead atoms. The molecule has 2 atom stereocenters. The van der Waals surface area contributed by atoms with Crippen molar-refractivity contribution in [2.45, 2.75) is 25.2 Å². The van der Waals surface area contributed by atoms with Crippen LogP contribution in [0.2, 0.25) is 0 Å². The average Bonchev–Trinajstić information content (AvgIpc) is 3.18. The normalized spacial score (nSPS) is 21.8. The summed E-state index contributed by atoms with van der Waals surface area (Å²) in [5.41, 5.74) is 2.70. The Hall–Kier alpha value is -2.92. The van der Waals surface area contributed by atoms with Crippen LogP contribution >= 0.6 is 0 Å². The maximum atomic E-state index is 9.16.